The lowest BCUT2D eigenvalue weighted by Gasteiger charge is -2.30. The third-order valence-corrected chi connectivity index (χ3v) is 6.85. The van der Waals surface area contributed by atoms with Crippen LogP contribution in [0.25, 0.3) is 0 Å². The Bertz CT molecular complexity index is 441. The van der Waals surface area contributed by atoms with Gasteiger partial charge in [0.2, 0.25) is 0 Å². The van der Waals surface area contributed by atoms with Crippen molar-refractivity contribution in [2.45, 2.75) is 96.3 Å². The monoisotopic (exact) mass is 312 g/mol. The molecule has 0 nitrogen and oxygen atoms in total. The Kier molecular flexibility index (Phi) is 6.20. The van der Waals surface area contributed by atoms with E-state index in [-0.39, 0.29) is 0 Å². The second-order valence-electron chi connectivity index (χ2n) is 8.30. The molecular formula is C23H36. The first-order chi connectivity index (χ1) is 11.3. The molecule has 23 heavy (non-hydrogen) atoms. The Morgan fingerprint density at radius 3 is 1.48 bits per heavy atom. The Morgan fingerprint density at radius 2 is 1.09 bits per heavy atom. The first kappa shape index (κ1) is 17.1. The van der Waals surface area contributed by atoms with E-state index < -0.39 is 0 Å². The quantitative estimate of drug-likeness (QED) is 0.529. The second kappa shape index (κ2) is 8.36. The molecule has 0 amide bonds. The standard InChI is InChI=1S/C23H36/c1-3-5-19-8-12-21(13-9-19)23-16-14-22(15-17-23)20-10-6-18(4-2)7-11-20/h14-21H,3-13H2,1-2H3. The largest absolute Gasteiger partial charge is 0.0654 e. The third-order valence-electron chi connectivity index (χ3n) is 6.85. The molecule has 0 radical (unpaired) electrons. The zero-order valence-electron chi connectivity index (χ0n) is 15.4. The predicted octanol–water partition coefficient (Wildman–Crippen LogP) is 7.44. The highest BCUT2D eigenvalue weighted by Crippen LogP contribution is 2.40. The molecule has 0 saturated heterocycles. The van der Waals surface area contributed by atoms with Crippen LogP contribution in [0.5, 0.6) is 0 Å². The summed E-state index contributed by atoms with van der Waals surface area (Å²) in [6.45, 7) is 4.69. The summed E-state index contributed by atoms with van der Waals surface area (Å²) in [5, 5.41) is 0. The maximum atomic E-state index is 2.46. The number of hydrogen-bond acceptors (Lipinski definition) is 0. The molecule has 2 aliphatic carbocycles. The normalized spacial score (nSPS) is 31.9. The molecule has 0 heterocycles. The minimum Gasteiger partial charge on any atom is -0.0654 e. The van der Waals surface area contributed by atoms with Gasteiger partial charge in [-0.15, -0.1) is 0 Å². The highest BCUT2D eigenvalue weighted by atomic mass is 14.3. The molecule has 0 unspecified atom stereocenters. The fraction of sp³-hybridized carbons (Fsp3) is 0.739. The summed E-state index contributed by atoms with van der Waals surface area (Å²) >= 11 is 0. The van der Waals surface area contributed by atoms with E-state index in [0.29, 0.717) is 0 Å². The molecule has 1 aromatic carbocycles. The van der Waals surface area contributed by atoms with Gasteiger partial charge in [0, 0.05) is 0 Å². The fourth-order valence-corrected chi connectivity index (χ4v) is 5.14. The van der Waals surface area contributed by atoms with E-state index in [4.69, 9.17) is 0 Å². The van der Waals surface area contributed by atoms with E-state index in [0.717, 1.165) is 23.7 Å². The summed E-state index contributed by atoms with van der Waals surface area (Å²) < 4.78 is 0. The van der Waals surface area contributed by atoms with Gasteiger partial charge < -0.3 is 0 Å². The van der Waals surface area contributed by atoms with Crippen molar-refractivity contribution in [1.82, 2.24) is 0 Å². The molecule has 0 bridgehead atoms. The van der Waals surface area contributed by atoms with Crippen molar-refractivity contribution in [3.05, 3.63) is 35.4 Å². The molecular weight excluding hydrogens is 276 g/mol. The van der Waals surface area contributed by atoms with E-state index in [2.05, 4.69) is 38.1 Å². The first-order valence-corrected chi connectivity index (χ1v) is 10.4. The van der Waals surface area contributed by atoms with E-state index in [1.807, 2.05) is 0 Å². The van der Waals surface area contributed by atoms with Gasteiger partial charge in [0.05, 0.1) is 0 Å². The lowest BCUT2D eigenvalue weighted by molar-refractivity contribution is 0.308. The van der Waals surface area contributed by atoms with Crippen molar-refractivity contribution in [2.75, 3.05) is 0 Å². The van der Waals surface area contributed by atoms with Crippen LogP contribution >= 0.6 is 0 Å². The van der Waals surface area contributed by atoms with Crippen molar-refractivity contribution in [3.63, 3.8) is 0 Å². The summed E-state index contributed by atoms with van der Waals surface area (Å²) in [5.41, 5.74) is 3.23. The lowest BCUT2D eigenvalue weighted by atomic mass is 9.75. The van der Waals surface area contributed by atoms with Crippen molar-refractivity contribution in [2.24, 2.45) is 11.8 Å². The molecule has 2 saturated carbocycles. The summed E-state index contributed by atoms with van der Waals surface area (Å²) in [6, 6.07) is 9.85. The van der Waals surface area contributed by atoms with Gasteiger partial charge in [-0.3, -0.25) is 0 Å². The molecule has 2 fully saturated rings. The van der Waals surface area contributed by atoms with Gasteiger partial charge >= 0.3 is 0 Å². The van der Waals surface area contributed by atoms with Crippen LogP contribution in [0.4, 0.5) is 0 Å². The van der Waals surface area contributed by atoms with Crippen LogP contribution in [0.1, 0.15) is 107 Å². The summed E-state index contributed by atoms with van der Waals surface area (Å²) in [5.74, 6) is 3.70. The first-order valence-electron chi connectivity index (χ1n) is 10.4. The number of benzene rings is 1. The van der Waals surface area contributed by atoms with Gasteiger partial charge in [0.15, 0.2) is 0 Å². The number of rotatable bonds is 5. The average Bonchev–Trinajstić information content (AvgIpc) is 2.63. The zero-order valence-corrected chi connectivity index (χ0v) is 15.4. The lowest BCUT2D eigenvalue weighted by Crippen LogP contribution is -2.14. The molecule has 0 aromatic heterocycles. The van der Waals surface area contributed by atoms with Gasteiger partial charge in [0.25, 0.3) is 0 Å². The zero-order chi connectivity index (χ0) is 16.1. The fourth-order valence-electron chi connectivity index (χ4n) is 5.14. The van der Waals surface area contributed by atoms with Crippen LogP contribution in [0, 0.1) is 11.8 Å². The summed E-state index contributed by atoms with van der Waals surface area (Å²) in [4.78, 5) is 0. The van der Waals surface area contributed by atoms with Gasteiger partial charge in [-0.2, -0.15) is 0 Å². The topological polar surface area (TPSA) is 0 Å². The smallest absolute Gasteiger partial charge is 0.0162 e. The Hall–Kier alpha value is -0.780. The molecule has 0 spiro atoms. The van der Waals surface area contributed by atoms with Crippen LogP contribution in [0.15, 0.2) is 24.3 Å². The van der Waals surface area contributed by atoms with E-state index >= 15 is 0 Å². The van der Waals surface area contributed by atoms with Crippen molar-refractivity contribution in [3.8, 4) is 0 Å². The molecule has 0 aliphatic heterocycles. The average molecular weight is 313 g/mol. The second-order valence-corrected chi connectivity index (χ2v) is 8.30. The van der Waals surface area contributed by atoms with Gasteiger partial charge in [-0.05, 0) is 86.2 Å². The van der Waals surface area contributed by atoms with E-state index in [9.17, 15) is 0 Å². The minimum atomic E-state index is 0.840. The molecule has 1 aromatic rings. The van der Waals surface area contributed by atoms with Crippen LogP contribution < -0.4 is 0 Å². The molecule has 3 rings (SSSR count). The van der Waals surface area contributed by atoms with Gasteiger partial charge in [-0.1, -0.05) is 57.4 Å². The van der Waals surface area contributed by atoms with Gasteiger partial charge in [0.1, 0.15) is 0 Å². The number of hydrogen-bond donors (Lipinski definition) is 0. The van der Waals surface area contributed by atoms with E-state index in [1.54, 1.807) is 11.1 Å². The van der Waals surface area contributed by atoms with Crippen LogP contribution in [-0.4, -0.2) is 0 Å². The summed E-state index contributed by atoms with van der Waals surface area (Å²) in [7, 11) is 0. The molecule has 2 aliphatic rings. The molecule has 0 atom stereocenters. The van der Waals surface area contributed by atoms with Gasteiger partial charge in [-0.25, -0.2) is 0 Å². The van der Waals surface area contributed by atoms with Crippen LogP contribution in [-0.2, 0) is 0 Å². The molecule has 0 heteroatoms. The molecule has 0 N–H and O–H groups in total. The summed E-state index contributed by atoms with van der Waals surface area (Å²) in [6.07, 6.45) is 15.7. The van der Waals surface area contributed by atoms with Crippen molar-refractivity contribution in [1.29, 1.82) is 0 Å². The Morgan fingerprint density at radius 1 is 0.652 bits per heavy atom. The van der Waals surface area contributed by atoms with Crippen LogP contribution in [0.2, 0.25) is 0 Å². The predicted molar refractivity (Wildman–Crippen MR) is 101 cm³/mol. The highest BCUT2D eigenvalue weighted by Gasteiger charge is 2.23. The SMILES string of the molecule is CCCC1CCC(c2ccc(C3CCC(CC)CC3)cc2)CC1. The van der Waals surface area contributed by atoms with E-state index in [1.165, 1.54) is 70.6 Å². The maximum Gasteiger partial charge on any atom is -0.0162 e. The Balaban J connectivity index is 1.53. The maximum absolute atomic E-state index is 2.46. The van der Waals surface area contributed by atoms with Crippen molar-refractivity contribution < 1.29 is 0 Å². The molecule has 128 valence electrons. The minimum absolute atomic E-state index is 0.840. The van der Waals surface area contributed by atoms with Crippen molar-refractivity contribution >= 4 is 0 Å². The Labute approximate surface area is 144 Å². The van der Waals surface area contributed by atoms with Crippen LogP contribution in [0.3, 0.4) is 0 Å². The highest BCUT2D eigenvalue weighted by molar-refractivity contribution is 5.28. The third kappa shape index (κ3) is 4.40.